The first-order valence-electron chi connectivity index (χ1n) is 3.86. The quantitative estimate of drug-likeness (QED) is 0.482. The highest BCUT2D eigenvalue weighted by Gasteiger charge is 1.94. The summed E-state index contributed by atoms with van der Waals surface area (Å²) in [6, 6.07) is 0. The van der Waals surface area contributed by atoms with Crippen LogP contribution in [0.3, 0.4) is 0 Å². The zero-order chi connectivity index (χ0) is 8.10. The van der Waals surface area contributed by atoms with E-state index < -0.39 is 0 Å². The maximum Gasteiger partial charge on any atom is 0.0173 e. The van der Waals surface area contributed by atoms with Crippen molar-refractivity contribution >= 4 is 11.3 Å². The minimum absolute atomic E-state index is 0.200. The summed E-state index contributed by atoms with van der Waals surface area (Å²) in [7, 11) is 0. The topological polar surface area (TPSA) is 24.1 Å². The fraction of sp³-hybridized carbons (Fsp3) is 0.500. The molecule has 2 N–H and O–H groups in total. The molecule has 0 aromatic heterocycles. The smallest absolute Gasteiger partial charge is 0.0173 e. The summed E-state index contributed by atoms with van der Waals surface area (Å²) in [6.45, 7) is 3.17. The van der Waals surface area contributed by atoms with E-state index in [9.17, 15) is 0 Å². The van der Waals surface area contributed by atoms with Crippen molar-refractivity contribution < 1.29 is 0 Å². The highest BCUT2D eigenvalue weighted by atomic mass is 32.2. The van der Waals surface area contributed by atoms with Gasteiger partial charge in [0.15, 0.2) is 0 Å². The average Bonchev–Trinajstić information content (AvgIpc) is 2.02. The van der Waals surface area contributed by atoms with Crippen LogP contribution in [-0.2, 0) is 0 Å². The standard InChI is InChI=1S/C8H16N2S/c1-8-6-4-3-5-7-9-11(2)10-8/h3-4,6,9-11H,5,7H2,1-2H3/b4-3-,8-6+. The SMILES string of the molecule is C/C1=C\C=C/CCN[SH](C)N1. The fourth-order valence-electron chi connectivity index (χ4n) is 0.966. The Balaban J connectivity index is 2.52. The summed E-state index contributed by atoms with van der Waals surface area (Å²) >= 11 is -0.200. The van der Waals surface area contributed by atoms with Gasteiger partial charge in [-0.15, -0.1) is 11.3 Å². The molecule has 0 saturated carbocycles. The van der Waals surface area contributed by atoms with Crippen molar-refractivity contribution in [2.45, 2.75) is 13.3 Å². The van der Waals surface area contributed by atoms with Gasteiger partial charge in [-0.1, -0.05) is 12.2 Å². The highest BCUT2D eigenvalue weighted by molar-refractivity contribution is 8.13. The summed E-state index contributed by atoms with van der Waals surface area (Å²) in [5.74, 6) is 0. The van der Waals surface area contributed by atoms with Gasteiger partial charge in [-0.3, -0.25) is 4.72 Å². The Hall–Kier alpha value is -0.410. The molecule has 0 bridgehead atoms. The molecule has 2 nitrogen and oxygen atoms in total. The summed E-state index contributed by atoms with van der Waals surface area (Å²) in [6.07, 6.45) is 9.73. The lowest BCUT2D eigenvalue weighted by Gasteiger charge is -2.19. The molecular weight excluding hydrogens is 156 g/mol. The minimum atomic E-state index is -0.200. The minimum Gasteiger partial charge on any atom is -0.342 e. The molecule has 0 saturated heterocycles. The van der Waals surface area contributed by atoms with Crippen LogP contribution in [0.15, 0.2) is 23.9 Å². The molecule has 3 heteroatoms. The molecule has 0 aromatic carbocycles. The largest absolute Gasteiger partial charge is 0.342 e. The lowest BCUT2D eigenvalue weighted by atomic mass is 10.3. The van der Waals surface area contributed by atoms with Crippen molar-refractivity contribution in [3.63, 3.8) is 0 Å². The molecule has 1 atom stereocenters. The maximum absolute atomic E-state index is 3.42. The molecule has 0 aromatic rings. The molecule has 1 heterocycles. The monoisotopic (exact) mass is 172 g/mol. The lowest BCUT2D eigenvalue weighted by molar-refractivity contribution is 0.927. The van der Waals surface area contributed by atoms with Crippen LogP contribution in [0.5, 0.6) is 0 Å². The van der Waals surface area contributed by atoms with Crippen molar-refractivity contribution in [3.8, 4) is 0 Å². The van der Waals surface area contributed by atoms with Gasteiger partial charge in [0.2, 0.25) is 0 Å². The first-order chi connectivity index (χ1) is 5.29. The molecule has 1 unspecified atom stereocenters. The number of rotatable bonds is 0. The molecule has 11 heavy (non-hydrogen) atoms. The molecule has 0 fully saturated rings. The van der Waals surface area contributed by atoms with E-state index >= 15 is 0 Å². The van der Waals surface area contributed by atoms with E-state index in [4.69, 9.17) is 0 Å². The summed E-state index contributed by atoms with van der Waals surface area (Å²) < 4.78 is 6.80. The van der Waals surface area contributed by atoms with Gasteiger partial charge in [-0.2, -0.15) is 0 Å². The summed E-state index contributed by atoms with van der Waals surface area (Å²) in [5.41, 5.74) is 1.24. The van der Waals surface area contributed by atoms with Gasteiger partial charge in [-0.05, 0) is 25.7 Å². The van der Waals surface area contributed by atoms with Crippen LogP contribution < -0.4 is 9.44 Å². The van der Waals surface area contributed by atoms with E-state index in [1.807, 2.05) is 0 Å². The molecule has 0 radical (unpaired) electrons. The first kappa shape index (κ1) is 8.68. The van der Waals surface area contributed by atoms with Crippen LogP contribution in [0.4, 0.5) is 0 Å². The predicted octanol–water partition coefficient (Wildman–Crippen LogP) is 1.49. The van der Waals surface area contributed by atoms with Gasteiger partial charge in [0.1, 0.15) is 0 Å². The Kier molecular flexibility index (Phi) is 3.52. The van der Waals surface area contributed by atoms with Gasteiger partial charge < -0.3 is 4.72 Å². The van der Waals surface area contributed by atoms with Gasteiger partial charge in [0.05, 0.1) is 0 Å². The normalized spacial score (nSPS) is 36.9. The third kappa shape index (κ3) is 3.49. The lowest BCUT2D eigenvalue weighted by Crippen LogP contribution is -2.20. The first-order valence-corrected chi connectivity index (χ1v) is 5.65. The van der Waals surface area contributed by atoms with Crippen molar-refractivity contribution in [3.05, 3.63) is 23.9 Å². The molecule has 64 valence electrons. The molecule has 0 spiro atoms. The van der Waals surface area contributed by atoms with E-state index in [0.717, 1.165) is 13.0 Å². The Labute approximate surface area is 71.4 Å². The average molecular weight is 172 g/mol. The highest BCUT2D eigenvalue weighted by Crippen LogP contribution is 2.11. The summed E-state index contributed by atoms with van der Waals surface area (Å²) in [5, 5.41) is 0. The number of hydrogen-bond acceptors (Lipinski definition) is 2. The number of nitrogens with one attached hydrogen (secondary N) is 2. The van der Waals surface area contributed by atoms with Crippen LogP contribution >= 0.6 is 11.3 Å². The third-order valence-corrected chi connectivity index (χ3v) is 2.87. The Morgan fingerprint density at radius 3 is 3.18 bits per heavy atom. The second kappa shape index (κ2) is 4.46. The van der Waals surface area contributed by atoms with E-state index in [1.54, 1.807) is 0 Å². The second-order valence-corrected chi connectivity index (χ2v) is 4.30. The summed E-state index contributed by atoms with van der Waals surface area (Å²) in [4.78, 5) is 0. The maximum atomic E-state index is 3.42. The van der Waals surface area contributed by atoms with Crippen LogP contribution in [0.1, 0.15) is 13.3 Å². The van der Waals surface area contributed by atoms with Gasteiger partial charge in [-0.25, -0.2) is 0 Å². The number of allylic oxidation sites excluding steroid dienone is 3. The van der Waals surface area contributed by atoms with Crippen molar-refractivity contribution in [2.75, 3.05) is 12.8 Å². The van der Waals surface area contributed by atoms with Gasteiger partial charge in [0.25, 0.3) is 0 Å². The second-order valence-electron chi connectivity index (χ2n) is 2.65. The van der Waals surface area contributed by atoms with Crippen molar-refractivity contribution in [2.24, 2.45) is 0 Å². The molecule has 0 amide bonds. The van der Waals surface area contributed by atoms with Crippen LogP contribution in [0, 0.1) is 0 Å². The van der Waals surface area contributed by atoms with E-state index in [-0.39, 0.29) is 11.3 Å². The molecule has 1 aliphatic rings. The van der Waals surface area contributed by atoms with Crippen molar-refractivity contribution in [1.82, 2.24) is 9.44 Å². The molecule has 0 aliphatic carbocycles. The number of thiol groups is 1. The van der Waals surface area contributed by atoms with Crippen molar-refractivity contribution in [1.29, 1.82) is 0 Å². The Morgan fingerprint density at radius 2 is 2.36 bits per heavy atom. The Morgan fingerprint density at radius 1 is 1.55 bits per heavy atom. The molecule has 1 rings (SSSR count). The van der Waals surface area contributed by atoms with Crippen LogP contribution in [0.2, 0.25) is 0 Å². The van der Waals surface area contributed by atoms with E-state index in [1.165, 1.54) is 5.70 Å². The molecule has 1 aliphatic heterocycles. The van der Waals surface area contributed by atoms with Gasteiger partial charge in [0, 0.05) is 12.2 Å². The number of hydrogen-bond donors (Lipinski definition) is 3. The zero-order valence-electron chi connectivity index (χ0n) is 7.09. The third-order valence-electron chi connectivity index (χ3n) is 1.49. The molecular formula is C8H16N2S. The van der Waals surface area contributed by atoms with E-state index in [0.29, 0.717) is 0 Å². The van der Waals surface area contributed by atoms with E-state index in [2.05, 4.69) is 40.9 Å². The Bertz CT molecular complexity index is 175. The van der Waals surface area contributed by atoms with Gasteiger partial charge >= 0.3 is 0 Å². The van der Waals surface area contributed by atoms with Crippen LogP contribution in [0.25, 0.3) is 0 Å². The van der Waals surface area contributed by atoms with Crippen LogP contribution in [-0.4, -0.2) is 12.8 Å². The zero-order valence-corrected chi connectivity index (χ0v) is 7.99. The predicted molar refractivity (Wildman–Crippen MR) is 53.6 cm³/mol. The fourth-order valence-corrected chi connectivity index (χ4v) is 2.11.